The molecule has 0 spiro atoms. The lowest BCUT2D eigenvalue weighted by molar-refractivity contribution is 0.586. The zero-order chi connectivity index (χ0) is 11.0. The lowest BCUT2D eigenvalue weighted by atomic mass is 10.1. The second kappa shape index (κ2) is 3.61. The summed E-state index contributed by atoms with van der Waals surface area (Å²) < 4.78 is 6.11. The fourth-order valence-corrected chi connectivity index (χ4v) is 2.44. The minimum absolute atomic E-state index is 0.251. The van der Waals surface area contributed by atoms with Crippen LogP contribution in [0.15, 0.2) is 57.7 Å². The quantitative estimate of drug-likeness (QED) is 0.638. The van der Waals surface area contributed by atoms with E-state index in [0.717, 1.165) is 27.2 Å². The van der Waals surface area contributed by atoms with Gasteiger partial charge in [0.25, 0.3) is 0 Å². The molecule has 0 atom stereocenters. The Bertz CT molecular complexity index is 680. The van der Waals surface area contributed by atoms with Crippen LogP contribution in [0, 0.1) is 0 Å². The van der Waals surface area contributed by atoms with E-state index >= 15 is 0 Å². The molecule has 1 heterocycles. The number of para-hydroxylation sites is 1. The lowest BCUT2D eigenvalue weighted by Gasteiger charge is -2.00. The summed E-state index contributed by atoms with van der Waals surface area (Å²) >= 11 is 1.14. The van der Waals surface area contributed by atoms with Gasteiger partial charge in [0.1, 0.15) is 0 Å². The maximum Gasteiger partial charge on any atom is 0.396 e. The van der Waals surface area contributed by atoms with Gasteiger partial charge in [-0.3, -0.25) is 0 Å². The van der Waals surface area contributed by atoms with Crippen molar-refractivity contribution in [2.45, 2.75) is 0 Å². The van der Waals surface area contributed by atoms with Crippen molar-refractivity contribution in [3.05, 3.63) is 58.3 Å². The molecule has 0 unspecified atom stereocenters. The van der Waals surface area contributed by atoms with Crippen LogP contribution in [0.5, 0.6) is 0 Å². The van der Waals surface area contributed by atoms with Crippen LogP contribution in [0.1, 0.15) is 0 Å². The van der Waals surface area contributed by atoms with Crippen molar-refractivity contribution in [1.82, 2.24) is 0 Å². The van der Waals surface area contributed by atoms with Crippen LogP contribution in [0.2, 0.25) is 0 Å². The molecule has 0 aliphatic heterocycles. The standard InChI is InChI=1S/C13H8O2S/c14-13-15-12-10(7-4-8-11(12)16-13)9-5-2-1-3-6-9/h1-8H. The van der Waals surface area contributed by atoms with Gasteiger partial charge < -0.3 is 4.42 Å². The van der Waals surface area contributed by atoms with Crippen LogP contribution in [0.3, 0.4) is 0 Å². The van der Waals surface area contributed by atoms with Gasteiger partial charge in [-0.15, -0.1) is 0 Å². The van der Waals surface area contributed by atoms with E-state index in [1.807, 2.05) is 48.5 Å². The Balaban J connectivity index is 2.36. The van der Waals surface area contributed by atoms with E-state index in [0.29, 0.717) is 5.58 Å². The Morgan fingerprint density at radius 3 is 2.56 bits per heavy atom. The van der Waals surface area contributed by atoms with Crippen LogP contribution in [0.25, 0.3) is 21.4 Å². The van der Waals surface area contributed by atoms with Crippen LogP contribution in [-0.2, 0) is 0 Å². The average molecular weight is 228 g/mol. The molecule has 3 heteroatoms. The van der Waals surface area contributed by atoms with E-state index in [1.54, 1.807) is 0 Å². The summed E-state index contributed by atoms with van der Waals surface area (Å²) in [6.07, 6.45) is 0. The third-order valence-corrected chi connectivity index (χ3v) is 3.23. The number of rotatable bonds is 1. The molecule has 0 amide bonds. The van der Waals surface area contributed by atoms with Gasteiger partial charge >= 0.3 is 4.94 Å². The molecule has 0 aliphatic rings. The Kier molecular flexibility index (Phi) is 2.11. The zero-order valence-corrected chi connectivity index (χ0v) is 9.16. The van der Waals surface area contributed by atoms with Crippen molar-refractivity contribution in [2.75, 3.05) is 0 Å². The lowest BCUT2D eigenvalue weighted by Crippen LogP contribution is -1.81. The Hall–Kier alpha value is -1.87. The van der Waals surface area contributed by atoms with Crippen LogP contribution in [-0.4, -0.2) is 0 Å². The van der Waals surface area contributed by atoms with E-state index in [9.17, 15) is 4.79 Å². The van der Waals surface area contributed by atoms with Gasteiger partial charge in [0.05, 0.1) is 4.70 Å². The highest BCUT2D eigenvalue weighted by Gasteiger charge is 2.08. The maximum absolute atomic E-state index is 11.2. The van der Waals surface area contributed by atoms with E-state index in [4.69, 9.17) is 4.42 Å². The van der Waals surface area contributed by atoms with Gasteiger partial charge in [0.15, 0.2) is 5.58 Å². The van der Waals surface area contributed by atoms with Crippen molar-refractivity contribution in [3.63, 3.8) is 0 Å². The van der Waals surface area contributed by atoms with Crippen molar-refractivity contribution >= 4 is 21.6 Å². The number of hydrogen-bond donors (Lipinski definition) is 0. The fourth-order valence-electron chi connectivity index (χ4n) is 1.74. The topological polar surface area (TPSA) is 30.2 Å². The average Bonchev–Trinajstić information content (AvgIpc) is 2.70. The van der Waals surface area contributed by atoms with Crippen LogP contribution in [0.4, 0.5) is 0 Å². The van der Waals surface area contributed by atoms with Crippen molar-refractivity contribution in [3.8, 4) is 11.1 Å². The normalized spacial score (nSPS) is 10.8. The molecule has 3 aromatic rings. The summed E-state index contributed by atoms with van der Waals surface area (Å²) in [5.74, 6) is 0. The molecule has 0 radical (unpaired) electrons. The molecule has 0 saturated heterocycles. The van der Waals surface area contributed by atoms with Gasteiger partial charge in [0, 0.05) is 5.56 Å². The molecule has 0 fully saturated rings. The monoisotopic (exact) mass is 228 g/mol. The van der Waals surface area contributed by atoms with E-state index in [2.05, 4.69) is 0 Å². The number of hydrogen-bond acceptors (Lipinski definition) is 3. The van der Waals surface area contributed by atoms with Crippen molar-refractivity contribution in [1.29, 1.82) is 0 Å². The molecule has 78 valence electrons. The smallest absolute Gasteiger partial charge is 0.396 e. The molecule has 0 aliphatic carbocycles. The van der Waals surface area contributed by atoms with Crippen molar-refractivity contribution < 1.29 is 4.42 Å². The van der Waals surface area contributed by atoms with Crippen molar-refractivity contribution in [2.24, 2.45) is 0 Å². The van der Waals surface area contributed by atoms with Crippen LogP contribution < -0.4 is 4.94 Å². The Morgan fingerprint density at radius 2 is 1.75 bits per heavy atom. The third-order valence-electron chi connectivity index (χ3n) is 2.44. The van der Waals surface area contributed by atoms with Gasteiger partial charge in [-0.25, -0.2) is 4.79 Å². The zero-order valence-electron chi connectivity index (χ0n) is 8.34. The largest absolute Gasteiger partial charge is 0.413 e. The molecule has 16 heavy (non-hydrogen) atoms. The Labute approximate surface area is 95.8 Å². The minimum atomic E-state index is -0.251. The molecular weight excluding hydrogens is 220 g/mol. The van der Waals surface area contributed by atoms with Gasteiger partial charge in [-0.1, -0.05) is 53.8 Å². The second-order valence-electron chi connectivity index (χ2n) is 3.45. The molecule has 0 N–H and O–H groups in total. The number of benzene rings is 2. The molecule has 3 rings (SSSR count). The molecule has 0 saturated carbocycles. The first-order chi connectivity index (χ1) is 7.84. The highest BCUT2D eigenvalue weighted by Crippen LogP contribution is 2.29. The van der Waals surface area contributed by atoms with Crippen LogP contribution >= 0.6 is 11.3 Å². The fraction of sp³-hybridized carbons (Fsp3) is 0. The Morgan fingerprint density at radius 1 is 0.938 bits per heavy atom. The predicted molar refractivity (Wildman–Crippen MR) is 65.8 cm³/mol. The molecule has 2 aromatic carbocycles. The van der Waals surface area contributed by atoms with Gasteiger partial charge in [-0.05, 0) is 11.6 Å². The summed E-state index contributed by atoms with van der Waals surface area (Å²) in [5, 5.41) is 0. The first-order valence-corrected chi connectivity index (χ1v) is 5.74. The molecule has 2 nitrogen and oxygen atoms in total. The first kappa shape index (κ1) is 9.36. The summed E-state index contributed by atoms with van der Waals surface area (Å²) in [5.41, 5.74) is 2.72. The highest BCUT2D eigenvalue weighted by molar-refractivity contribution is 7.16. The molecular formula is C13H8O2S. The summed E-state index contributed by atoms with van der Waals surface area (Å²) in [6, 6.07) is 15.7. The summed E-state index contributed by atoms with van der Waals surface area (Å²) in [4.78, 5) is 11.0. The summed E-state index contributed by atoms with van der Waals surface area (Å²) in [7, 11) is 0. The van der Waals surface area contributed by atoms with E-state index < -0.39 is 0 Å². The minimum Gasteiger partial charge on any atom is -0.413 e. The SMILES string of the molecule is O=c1oc2c(-c3ccccc3)cccc2s1. The predicted octanol–water partition coefficient (Wildman–Crippen LogP) is 3.52. The van der Waals surface area contributed by atoms with Gasteiger partial charge in [-0.2, -0.15) is 0 Å². The molecule has 1 aromatic heterocycles. The second-order valence-corrected chi connectivity index (χ2v) is 4.43. The van der Waals surface area contributed by atoms with E-state index in [-0.39, 0.29) is 4.94 Å². The highest BCUT2D eigenvalue weighted by atomic mass is 32.1. The summed E-state index contributed by atoms with van der Waals surface area (Å²) in [6.45, 7) is 0. The third kappa shape index (κ3) is 1.46. The first-order valence-electron chi connectivity index (χ1n) is 4.93. The number of fused-ring (bicyclic) bond motifs is 1. The maximum atomic E-state index is 11.2. The molecule has 0 bridgehead atoms. The van der Waals surface area contributed by atoms with Gasteiger partial charge in [0.2, 0.25) is 0 Å². The van der Waals surface area contributed by atoms with E-state index in [1.165, 1.54) is 0 Å².